The number of fused-ring (bicyclic) bond motifs is 1. The zero-order valence-electron chi connectivity index (χ0n) is 47.8. The van der Waals surface area contributed by atoms with Crippen molar-refractivity contribution in [3.63, 3.8) is 0 Å². The van der Waals surface area contributed by atoms with Crippen LogP contribution in [0.2, 0.25) is 0 Å². The number of hydrogen-bond acceptors (Lipinski definition) is 3. The van der Waals surface area contributed by atoms with E-state index in [2.05, 4.69) is 0 Å². The van der Waals surface area contributed by atoms with E-state index in [1.54, 1.807) is 54.7 Å². The number of para-hydroxylation sites is 2. The minimum absolute atomic E-state index is 0.207. The Bertz CT molecular complexity index is 3040. The summed E-state index contributed by atoms with van der Waals surface area (Å²) in [5.74, 6) is -1.72. The number of rotatable bonds is 5. The molecule has 268 valence electrons. The molecule has 4 nitrogen and oxygen atoms in total. The maximum atomic E-state index is 12.6. The van der Waals surface area contributed by atoms with Crippen LogP contribution in [0.15, 0.2) is 121 Å². The van der Waals surface area contributed by atoms with Gasteiger partial charge in [-0.15, -0.1) is 0 Å². The van der Waals surface area contributed by atoms with E-state index in [1.165, 1.54) is 4.57 Å². The molecule has 0 bridgehead atoms. The van der Waals surface area contributed by atoms with E-state index in [4.69, 9.17) is 34.6 Å². The summed E-state index contributed by atoms with van der Waals surface area (Å²) in [6, 6.07) is 32.3. The molecule has 0 aliphatic heterocycles. The number of aromatic nitrogens is 3. The second-order valence-electron chi connectivity index (χ2n) is 14.5. The molecule has 4 heteroatoms. The highest BCUT2D eigenvalue weighted by Gasteiger charge is 2.29. The predicted octanol–water partition coefficient (Wildman–Crippen LogP) is 13.0. The fourth-order valence-electron chi connectivity index (χ4n) is 6.54. The second kappa shape index (κ2) is 13.2. The Balaban J connectivity index is 1.66. The average Bonchev–Trinajstić information content (AvgIpc) is 3.62. The first-order valence-electron chi connectivity index (χ1n) is 26.1. The SMILES string of the molecule is [2H]C([2H])([2H])C(c1cc(-c2nc3c(-c4cc(-c5cc(-c6ccc(C)cc6)ccn5)cc(C(C)(C)C)c4)cccc3n2-c2ccccc2)c(O)c(C(C([2H])([2H])[2H])(C([2H])([2H])[2H])C([2H])([2H])[2H])c1)(C([2H])([2H])[2H])C([2H])([2H])[2H]. The van der Waals surface area contributed by atoms with Crippen LogP contribution in [-0.2, 0) is 16.2 Å². The number of benzene rings is 5. The molecule has 0 unspecified atom stereocenters. The molecule has 0 amide bonds. The maximum absolute atomic E-state index is 12.6. The minimum Gasteiger partial charge on any atom is -0.507 e. The normalized spacial score (nSPS) is 18.9. The van der Waals surface area contributed by atoms with Crippen LogP contribution in [0.3, 0.4) is 0 Å². The number of nitrogens with zero attached hydrogens (tertiary/aromatic N) is 3. The van der Waals surface area contributed by atoms with E-state index in [9.17, 15) is 5.11 Å². The van der Waals surface area contributed by atoms with Crippen molar-refractivity contribution >= 4 is 11.0 Å². The quantitative estimate of drug-likeness (QED) is 0.193. The van der Waals surface area contributed by atoms with Gasteiger partial charge in [-0.3, -0.25) is 9.55 Å². The molecule has 1 N–H and O–H groups in total. The summed E-state index contributed by atoms with van der Waals surface area (Å²) in [6.45, 7) is -16.2. The lowest BCUT2D eigenvalue weighted by Crippen LogP contribution is -2.17. The van der Waals surface area contributed by atoms with Crippen LogP contribution in [-0.4, -0.2) is 19.6 Å². The number of phenolic OH excluding ortho intramolecular Hbond substituents is 1. The average molecular weight is 716 g/mol. The van der Waals surface area contributed by atoms with Crippen molar-refractivity contribution < 1.29 is 29.8 Å². The fraction of sp³-hybridized carbons (Fsp3) is 0.265. The molecule has 0 aliphatic rings. The predicted molar refractivity (Wildman–Crippen MR) is 223 cm³/mol. The number of pyridine rings is 1. The Hall–Kier alpha value is -5.48. The van der Waals surface area contributed by atoms with Crippen LogP contribution in [0.1, 0.15) is 109 Å². The van der Waals surface area contributed by atoms with Crippen molar-refractivity contribution in [1.82, 2.24) is 14.5 Å². The van der Waals surface area contributed by atoms with Gasteiger partial charge in [0.1, 0.15) is 11.6 Å². The van der Waals surface area contributed by atoms with Gasteiger partial charge < -0.3 is 5.11 Å². The van der Waals surface area contributed by atoms with E-state index in [1.807, 2.05) is 82.3 Å². The van der Waals surface area contributed by atoms with Gasteiger partial charge in [0.25, 0.3) is 0 Å². The molecule has 5 aromatic carbocycles. The summed E-state index contributed by atoms with van der Waals surface area (Å²) in [5, 5.41) is 12.6. The number of phenols is 1. The molecule has 0 saturated carbocycles. The van der Waals surface area contributed by atoms with Crippen LogP contribution in [0.5, 0.6) is 5.75 Å². The van der Waals surface area contributed by atoms with Crippen molar-refractivity contribution in [3.8, 4) is 56.3 Å². The molecule has 53 heavy (non-hydrogen) atoms. The molecule has 0 saturated heterocycles. The largest absolute Gasteiger partial charge is 0.507 e. The molecule has 2 aromatic heterocycles. The fourth-order valence-corrected chi connectivity index (χ4v) is 6.54. The van der Waals surface area contributed by atoms with E-state index in [0.717, 1.165) is 27.8 Å². The van der Waals surface area contributed by atoms with E-state index < -0.39 is 79.8 Å². The first-order chi connectivity index (χ1) is 32.5. The lowest BCUT2D eigenvalue weighted by atomic mass is 9.79. The monoisotopic (exact) mass is 716 g/mol. The summed E-state index contributed by atoms with van der Waals surface area (Å²) in [6.07, 6.45) is 1.72. The second-order valence-corrected chi connectivity index (χ2v) is 14.5. The van der Waals surface area contributed by atoms with Crippen molar-refractivity contribution in [2.45, 2.75) is 85.1 Å². The molecule has 0 spiro atoms. The topological polar surface area (TPSA) is 50.9 Å². The van der Waals surface area contributed by atoms with E-state index in [0.29, 0.717) is 34.1 Å². The summed E-state index contributed by atoms with van der Waals surface area (Å²) in [5.41, 5.74) is -4.65. The molecule has 0 atom stereocenters. The molecule has 0 radical (unpaired) electrons. The van der Waals surface area contributed by atoms with Gasteiger partial charge in [-0.05, 0) is 99.5 Å². The maximum Gasteiger partial charge on any atom is 0.149 e. The van der Waals surface area contributed by atoms with Crippen LogP contribution in [0.25, 0.3) is 61.6 Å². The van der Waals surface area contributed by atoms with Gasteiger partial charge in [0, 0.05) is 53.2 Å². The number of imidazole rings is 1. The van der Waals surface area contributed by atoms with Crippen molar-refractivity contribution in [3.05, 3.63) is 144 Å². The van der Waals surface area contributed by atoms with Crippen molar-refractivity contribution in [2.75, 3.05) is 0 Å². The molecular formula is C49H51N3O. The van der Waals surface area contributed by atoms with Gasteiger partial charge in [0.15, 0.2) is 0 Å². The number of hydrogen-bond donors (Lipinski definition) is 1. The molecule has 7 aromatic rings. The summed E-state index contributed by atoms with van der Waals surface area (Å²) >= 11 is 0. The number of aryl methyl sites for hydroxylation is 1. The van der Waals surface area contributed by atoms with Crippen LogP contribution in [0.4, 0.5) is 0 Å². The molecule has 0 aliphatic carbocycles. The first-order valence-corrected chi connectivity index (χ1v) is 17.1. The van der Waals surface area contributed by atoms with Gasteiger partial charge in [-0.25, -0.2) is 4.98 Å². The standard InChI is InChI=1S/C49H51N3O/c1-31-19-21-32(22-20-31)33-23-24-50-42(28-33)35-25-34(26-36(27-35)47(2,3)4)39-17-14-18-43-44(39)51-46(52(43)38-15-12-11-13-16-38)40-29-37(48(5,6)7)30-41(45(40)53)49(8,9)10/h11-30,53H,1-10H3/i5D3,6D3,7D3,8D3,9D3,10D3. The third-order valence-electron chi connectivity index (χ3n) is 9.44. The van der Waals surface area contributed by atoms with Gasteiger partial charge >= 0.3 is 0 Å². The van der Waals surface area contributed by atoms with Crippen molar-refractivity contribution in [1.29, 1.82) is 0 Å². The Labute approximate surface area is 340 Å². The van der Waals surface area contributed by atoms with E-state index >= 15 is 0 Å². The highest BCUT2D eigenvalue weighted by molar-refractivity contribution is 5.97. The summed E-state index contributed by atoms with van der Waals surface area (Å²) in [7, 11) is 0. The lowest BCUT2D eigenvalue weighted by molar-refractivity contribution is 0.446. The van der Waals surface area contributed by atoms with Gasteiger partial charge in [-0.1, -0.05) is 134 Å². The summed E-state index contributed by atoms with van der Waals surface area (Å²) < 4.78 is 156. The van der Waals surface area contributed by atoms with Gasteiger partial charge in [0.2, 0.25) is 0 Å². The lowest BCUT2D eigenvalue weighted by Gasteiger charge is -2.27. The van der Waals surface area contributed by atoms with Crippen LogP contribution in [0, 0.1) is 6.92 Å². The van der Waals surface area contributed by atoms with Crippen molar-refractivity contribution in [2.24, 2.45) is 0 Å². The van der Waals surface area contributed by atoms with Gasteiger partial charge in [0.05, 0.1) is 22.3 Å². The first kappa shape index (κ1) is 20.1. The zero-order valence-corrected chi connectivity index (χ0v) is 29.8. The molecule has 7 rings (SSSR count). The molecule has 2 heterocycles. The van der Waals surface area contributed by atoms with Crippen LogP contribution < -0.4 is 0 Å². The Morgan fingerprint density at radius 2 is 1.30 bits per heavy atom. The highest BCUT2D eigenvalue weighted by Crippen LogP contribution is 2.45. The molecular weight excluding hydrogens is 647 g/mol. The molecule has 0 fully saturated rings. The Morgan fingerprint density at radius 1 is 0.604 bits per heavy atom. The minimum atomic E-state index is -4.09. The Morgan fingerprint density at radius 3 is 2.00 bits per heavy atom. The number of aromatic hydroxyl groups is 1. The third-order valence-corrected chi connectivity index (χ3v) is 9.44. The third kappa shape index (κ3) is 7.03. The Kier molecular flexibility index (Phi) is 5.00. The van der Waals surface area contributed by atoms with E-state index in [-0.39, 0.29) is 17.4 Å². The smallest absolute Gasteiger partial charge is 0.149 e. The van der Waals surface area contributed by atoms with Gasteiger partial charge in [-0.2, -0.15) is 0 Å². The zero-order chi connectivity index (χ0) is 52.9. The van der Waals surface area contributed by atoms with Crippen LogP contribution >= 0.6 is 0 Å². The summed E-state index contributed by atoms with van der Waals surface area (Å²) in [4.78, 5) is 9.77. The highest BCUT2D eigenvalue weighted by atomic mass is 16.3.